The van der Waals surface area contributed by atoms with Crippen LogP contribution in [0.4, 0.5) is 10.1 Å². The maximum Gasteiger partial charge on any atom is 0.146 e. The molecule has 2 aromatic rings. The second-order valence-corrected chi connectivity index (χ2v) is 5.59. The van der Waals surface area contributed by atoms with E-state index in [1.54, 1.807) is 12.1 Å². The first-order valence-electron chi connectivity index (χ1n) is 6.65. The van der Waals surface area contributed by atoms with E-state index >= 15 is 0 Å². The molecule has 0 amide bonds. The molecule has 2 rings (SSSR count). The van der Waals surface area contributed by atoms with Gasteiger partial charge in [-0.05, 0) is 40.5 Å². The number of tetrazole rings is 1. The van der Waals surface area contributed by atoms with Crippen LogP contribution in [0.25, 0.3) is 5.69 Å². The van der Waals surface area contributed by atoms with Crippen molar-refractivity contribution < 1.29 is 4.39 Å². The predicted molar refractivity (Wildman–Crippen MR) is 76.2 cm³/mol. The molecule has 0 unspecified atom stereocenters. The molecule has 1 aromatic heterocycles. The monoisotopic (exact) mass is 288 g/mol. The normalized spacial score (nSPS) is 11.1. The number of aromatic nitrogens is 4. The Balaban J connectivity index is 2.10. The fourth-order valence-electron chi connectivity index (χ4n) is 1.89. The number of anilines is 1. The van der Waals surface area contributed by atoms with E-state index in [0.717, 1.165) is 6.42 Å². The van der Waals surface area contributed by atoms with Crippen molar-refractivity contribution in [3.8, 4) is 11.8 Å². The van der Waals surface area contributed by atoms with Crippen LogP contribution in [0.5, 0.6) is 0 Å². The van der Waals surface area contributed by atoms with Crippen molar-refractivity contribution >= 4 is 5.69 Å². The highest BCUT2D eigenvalue weighted by molar-refractivity contribution is 5.52. The van der Waals surface area contributed by atoms with Gasteiger partial charge in [0.1, 0.15) is 12.1 Å². The van der Waals surface area contributed by atoms with Gasteiger partial charge >= 0.3 is 0 Å². The fraction of sp³-hybridized carbons (Fsp3) is 0.429. The molecular formula is C14H17FN6. The molecule has 0 aliphatic heterocycles. The number of hydrogen-bond donors (Lipinski definition) is 1. The van der Waals surface area contributed by atoms with Gasteiger partial charge in [0.25, 0.3) is 0 Å². The van der Waals surface area contributed by atoms with E-state index in [9.17, 15) is 4.39 Å². The number of rotatable bonds is 6. The Bertz CT molecular complexity index is 629. The van der Waals surface area contributed by atoms with E-state index in [1.807, 2.05) is 13.8 Å². The second kappa shape index (κ2) is 6.31. The van der Waals surface area contributed by atoms with Gasteiger partial charge in [0.15, 0.2) is 0 Å². The van der Waals surface area contributed by atoms with Crippen LogP contribution in [0.2, 0.25) is 0 Å². The summed E-state index contributed by atoms with van der Waals surface area (Å²) in [6, 6.07) is 6.78. The van der Waals surface area contributed by atoms with Crippen LogP contribution >= 0.6 is 0 Å². The third-order valence-corrected chi connectivity index (χ3v) is 3.23. The Kier molecular flexibility index (Phi) is 4.48. The molecule has 110 valence electrons. The van der Waals surface area contributed by atoms with Crippen molar-refractivity contribution in [1.29, 1.82) is 5.26 Å². The lowest BCUT2D eigenvalue weighted by molar-refractivity contribution is 0.363. The van der Waals surface area contributed by atoms with Crippen LogP contribution < -0.4 is 5.32 Å². The third-order valence-electron chi connectivity index (χ3n) is 3.23. The van der Waals surface area contributed by atoms with Gasteiger partial charge in [-0.3, -0.25) is 0 Å². The van der Waals surface area contributed by atoms with Gasteiger partial charge in [0.2, 0.25) is 0 Å². The van der Waals surface area contributed by atoms with Crippen LogP contribution in [-0.2, 0) is 0 Å². The zero-order chi connectivity index (χ0) is 15.3. The van der Waals surface area contributed by atoms with Crippen molar-refractivity contribution in [3.05, 3.63) is 30.3 Å². The number of nitrogens with zero attached hydrogens (tertiary/aromatic N) is 5. The summed E-state index contributed by atoms with van der Waals surface area (Å²) in [5, 5.41) is 22.6. The van der Waals surface area contributed by atoms with Crippen molar-refractivity contribution in [3.63, 3.8) is 0 Å². The molecule has 0 spiro atoms. The summed E-state index contributed by atoms with van der Waals surface area (Å²) in [5.41, 5.74) is 0.985. The highest BCUT2D eigenvalue weighted by atomic mass is 19.1. The quantitative estimate of drug-likeness (QED) is 0.883. The van der Waals surface area contributed by atoms with Crippen LogP contribution in [0.15, 0.2) is 24.5 Å². The minimum atomic E-state index is -0.331. The number of nitrogens with one attached hydrogen (secondary N) is 1. The SMILES string of the molecule is CC(C)(CCC#N)CNc1cc(-n2cnnn2)ccc1F. The molecular weight excluding hydrogens is 271 g/mol. The minimum Gasteiger partial charge on any atom is -0.382 e. The molecule has 0 fully saturated rings. The summed E-state index contributed by atoms with van der Waals surface area (Å²) in [6.07, 6.45) is 2.69. The summed E-state index contributed by atoms with van der Waals surface area (Å²) in [6.45, 7) is 4.66. The molecule has 1 aromatic carbocycles. The highest BCUT2D eigenvalue weighted by Crippen LogP contribution is 2.25. The first-order chi connectivity index (χ1) is 10.0. The zero-order valence-electron chi connectivity index (χ0n) is 12.0. The standard InChI is InChI=1S/C14H17FN6/c1-14(2,6-3-7-16)9-17-13-8-11(4-5-12(13)15)21-10-18-19-20-21/h4-5,8,10,17H,3,6,9H2,1-2H3. The van der Waals surface area contributed by atoms with E-state index in [-0.39, 0.29) is 11.2 Å². The topological polar surface area (TPSA) is 79.4 Å². The summed E-state index contributed by atoms with van der Waals surface area (Å²) < 4.78 is 15.3. The molecule has 0 radical (unpaired) electrons. The molecule has 0 atom stereocenters. The maximum atomic E-state index is 13.9. The van der Waals surface area contributed by atoms with Crippen molar-refractivity contribution in [2.75, 3.05) is 11.9 Å². The number of nitriles is 1. The molecule has 0 aliphatic carbocycles. The fourth-order valence-corrected chi connectivity index (χ4v) is 1.89. The summed E-state index contributed by atoms with van der Waals surface area (Å²) in [5.74, 6) is -0.331. The average molecular weight is 288 g/mol. The summed E-state index contributed by atoms with van der Waals surface area (Å²) in [4.78, 5) is 0. The van der Waals surface area contributed by atoms with E-state index in [4.69, 9.17) is 5.26 Å². The Hall–Kier alpha value is -2.49. The Labute approximate surface area is 122 Å². The maximum absolute atomic E-state index is 13.9. The van der Waals surface area contributed by atoms with Crippen LogP contribution in [0.1, 0.15) is 26.7 Å². The lowest BCUT2D eigenvalue weighted by Crippen LogP contribution is -2.23. The van der Waals surface area contributed by atoms with Gasteiger partial charge < -0.3 is 5.32 Å². The van der Waals surface area contributed by atoms with Crippen molar-refractivity contribution in [1.82, 2.24) is 20.2 Å². The van der Waals surface area contributed by atoms with Gasteiger partial charge in [-0.15, -0.1) is 5.10 Å². The molecule has 21 heavy (non-hydrogen) atoms. The third kappa shape index (κ3) is 3.99. The minimum absolute atomic E-state index is 0.0903. The highest BCUT2D eigenvalue weighted by Gasteiger charge is 2.18. The number of benzene rings is 1. The molecule has 0 saturated heterocycles. The van der Waals surface area contributed by atoms with Gasteiger partial charge in [0, 0.05) is 13.0 Å². The largest absolute Gasteiger partial charge is 0.382 e. The van der Waals surface area contributed by atoms with E-state index < -0.39 is 0 Å². The number of halogens is 1. The molecule has 0 aliphatic rings. The number of hydrogen-bond acceptors (Lipinski definition) is 5. The molecule has 1 heterocycles. The Morgan fingerprint density at radius 2 is 2.24 bits per heavy atom. The Morgan fingerprint density at radius 1 is 1.43 bits per heavy atom. The molecule has 0 bridgehead atoms. The van der Waals surface area contributed by atoms with E-state index in [1.165, 1.54) is 17.1 Å². The molecule has 1 N–H and O–H groups in total. The van der Waals surface area contributed by atoms with Crippen molar-refractivity contribution in [2.24, 2.45) is 5.41 Å². The van der Waals surface area contributed by atoms with Gasteiger partial charge in [-0.2, -0.15) is 5.26 Å². The van der Waals surface area contributed by atoms with Gasteiger partial charge in [0.05, 0.1) is 17.4 Å². The molecule has 0 saturated carbocycles. The average Bonchev–Trinajstić information content (AvgIpc) is 2.98. The lowest BCUT2D eigenvalue weighted by atomic mass is 9.88. The van der Waals surface area contributed by atoms with Gasteiger partial charge in [-0.1, -0.05) is 13.8 Å². The summed E-state index contributed by atoms with van der Waals surface area (Å²) in [7, 11) is 0. The van der Waals surface area contributed by atoms with Gasteiger partial charge in [-0.25, -0.2) is 9.07 Å². The Morgan fingerprint density at radius 3 is 2.90 bits per heavy atom. The van der Waals surface area contributed by atoms with E-state index in [2.05, 4.69) is 26.9 Å². The van der Waals surface area contributed by atoms with Crippen LogP contribution in [0, 0.1) is 22.6 Å². The smallest absolute Gasteiger partial charge is 0.146 e. The van der Waals surface area contributed by atoms with Crippen LogP contribution in [0.3, 0.4) is 0 Å². The van der Waals surface area contributed by atoms with Crippen molar-refractivity contribution in [2.45, 2.75) is 26.7 Å². The van der Waals surface area contributed by atoms with Crippen LogP contribution in [-0.4, -0.2) is 26.8 Å². The first kappa shape index (κ1) is 14.9. The molecule has 7 heteroatoms. The summed E-state index contributed by atoms with van der Waals surface area (Å²) >= 11 is 0. The zero-order valence-corrected chi connectivity index (χ0v) is 12.0. The van der Waals surface area contributed by atoms with E-state index in [0.29, 0.717) is 24.3 Å². The lowest BCUT2D eigenvalue weighted by Gasteiger charge is -2.24. The first-order valence-corrected chi connectivity index (χ1v) is 6.65. The molecule has 6 nitrogen and oxygen atoms in total. The predicted octanol–water partition coefficient (Wildman–Crippen LogP) is 2.54. The second-order valence-electron chi connectivity index (χ2n) is 5.59.